The molecule has 0 radical (unpaired) electrons. The summed E-state index contributed by atoms with van der Waals surface area (Å²) >= 11 is 0. The monoisotopic (exact) mass is 505 g/mol. The van der Waals surface area contributed by atoms with E-state index in [1.807, 2.05) is 0 Å². The third-order valence-electron chi connectivity index (χ3n) is 4.11. The summed E-state index contributed by atoms with van der Waals surface area (Å²) in [5, 5.41) is 0. The fraction of sp³-hybridized carbons (Fsp3) is 1.00. The lowest BCUT2D eigenvalue weighted by molar-refractivity contribution is -0.468. The molecule has 0 amide bonds. The molecule has 1 heterocycles. The van der Waals surface area contributed by atoms with E-state index in [0.29, 0.717) is 0 Å². The molecule has 0 aromatic rings. The third kappa shape index (κ3) is 3.58. The highest BCUT2D eigenvalue weighted by atomic mass is 19.4. The smallest absolute Gasteiger partial charge is 0.379 e. The van der Waals surface area contributed by atoms with Gasteiger partial charge in [-0.1, -0.05) is 0 Å². The number of hydrogen-bond acceptors (Lipinski definition) is 2. The van der Waals surface area contributed by atoms with Crippen LogP contribution in [0.25, 0.3) is 0 Å². The van der Waals surface area contributed by atoms with Gasteiger partial charge in [0.1, 0.15) is 0 Å². The van der Waals surface area contributed by atoms with Gasteiger partial charge in [-0.3, -0.25) is 0 Å². The number of hydrogen-bond donors (Lipinski definition) is 0. The molecular weight excluding hydrogens is 497 g/mol. The van der Waals surface area contributed by atoms with Gasteiger partial charge in [0.25, 0.3) is 0 Å². The highest BCUT2D eigenvalue weighted by Gasteiger charge is 2.95. The molecule has 0 saturated carbocycles. The number of rotatable bonds is 7. The first-order valence-corrected chi connectivity index (χ1v) is 7.40. The van der Waals surface area contributed by atoms with Gasteiger partial charge in [-0.2, -0.15) is 74.6 Å². The van der Waals surface area contributed by atoms with Crippen LogP contribution in [0.4, 0.5) is 74.6 Å². The first-order valence-electron chi connectivity index (χ1n) is 7.40. The largest absolute Gasteiger partial charge is 0.460 e. The van der Waals surface area contributed by atoms with Crippen LogP contribution >= 0.6 is 0 Å². The number of morpholine rings is 1. The minimum absolute atomic E-state index is 0.889. The summed E-state index contributed by atoms with van der Waals surface area (Å²) in [5.74, 6) is -49.7. The van der Waals surface area contributed by atoms with Crippen molar-refractivity contribution >= 4 is 0 Å². The predicted octanol–water partition coefficient (Wildman–Crippen LogP) is 5.29. The Kier molecular flexibility index (Phi) is 6.61. The summed E-state index contributed by atoms with van der Waals surface area (Å²) in [7, 11) is 0. The van der Waals surface area contributed by atoms with E-state index in [-0.39, 0.29) is 0 Å². The van der Waals surface area contributed by atoms with Crippen molar-refractivity contribution in [3.63, 3.8) is 0 Å². The van der Waals surface area contributed by atoms with Crippen LogP contribution in [-0.2, 0) is 4.74 Å². The van der Waals surface area contributed by atoms with E-state index >= 15 is 0 Å². The standard InChI is InChI=1S/C12H8F17NO/c13-5(14,7(17,18)9(21,22)11(25,26)27)6(15,16)8(19,20)10(23,24)12(28,29)30-1-3-31-4-2-30/h1-4H2. The number of nitrogens with zero attached hydrogens (tertiary/aromatic N) is 1. The van der Waals surface area contributed by atoms with Crippen molar-refractivity contribution in [1.29, 1.82) is 0 Å². The van der Waals surface area contributed by atoms with Gasteiger partial charge in [0.05, 0.1) is 13.2 Å². The van der Waals surface area contributed by atoms with Gasteiger partial charge >= 0.3 is 47.8 Å². The van der Waals surface area contributed by atoms with E-state index < -0.39 is 79.0 Å². The Morgan fingerprint density at radius 3 is 1.03 bits per heavy atom. The maximum Gasteiger partial charge on any atom is 0.460 e. The average Bonchev–Trinajstić information content (AvgIpc) is 2.60. The Morgan fingerprint density at radius 2 is 0.710 bits per heavy atom. The maximum absolute atomic E-state index is 13.8. The van der Waals surface area contributed by atoms with Crippen molar-refractivity contribution in [2.75, 3.05) is 26.3 Å². The molecule has 0 aromatic heterocycles. The van der Waals surface area contributed by atoms with Crippen molar-refractivity contribution in [3.05, 3.63) is 0 Å². The van der Waals surface area contributed by atoms with Crippen LogP contribution in [0, 0.1) is 0 Å². The summed E-state index contributed by atoms with van der Waals surface area (Å²) in [6.45, 7) is -4.55. The molecule has 0 unspecified atom stereocenters. The molecule has 0 spiro atoms. The Labute approximate surface area is 159 Å². The van der Waals surface area contributed by atoms with E-state index in [1.54, 1.807) is 0 Å². The molecule has 1 fully saturated rings. The minimum Gasteiger partial charge on any atom is -0.379 e. The molecule has 0 atom stereocenters. The van der Waals surface area contributed by atoms with E-state index in [0.717, 1.165) is 0 Å². The second kappa shape index (κ2) is 7.38. The lowest BCUT2D eigenvalue weighted by Crippen LogP contribution is -2.76. The number of alkyl halides is 17. The van der Waals surface area contributed by atoms with Gasteiger partial charge in [0.2, 0.25) is 0 Å². The highest BCUT2D eigenvalue weighted by Crippen LogP contribution is 2.64. The van der Waals surface area contributed by atoms with Gasteiger partial charge in [-0.05, 0) is 0 Å². The zero-order chi connectivity index (χ0) is 25.1. The highest BCUT2D eigenvalue weighted by molar-refractivity contribution is 5.15. The van der Waals surface area contributed by atoms with Gasteiger partial charge in [0, 0.05) is 13.1 Å². The zero-order valence-electron chi connectivity index (χ0n) is 14.1. The molecule has 1 rings (SSSR count). The predicted molar refractivity (Wildman–Crippen MR) is 63.1 cm³/mol. The summed E-state index contributed by atoms with van der Waals surface area (Å²) < 4.78 is 227. The van der Waals surface area contributed by atoms with Gasteiger partial charge in [0.15, 0.2) is 0 Å². The molecule has 186 valence electrons. The summed E-state index contributed by atoms with van der Waals surface area (Å²) in [4.78, 5) is -0.985. The van der Waals surface area contributed by atoms with Crippen molar-refractivity contribution in [3.8, 4) is 0 Å². The molecule has 0 aromatic carbocycles. The molecule has 1 saturated heterocycles. The van der Waals surface area contributed by atoms with Crippen LogP contribution in [0.3, 0.4) is 0 Å². The molecule has 0 aliphatic carbocycles. The second-order valence-corrected chi connectivity index (χ2v) is 6.08. The van der Waals surface area contributed by atoms with Gasteiger partial charge in [-0.15, -0.1) is 0 Å². The molecule has 1 aliphatic heterocycles. The fourth-order valence-corrected chi connectivity index (χ4v) is 2.20. The topological polar surface area (TPSA) is 12.5 Å². The van der Waals surface area contributed by atoms with Crippen LogP contribution in [0.1, 0.15) is 0 Å². The minimum atomic E-state index is -8.60. The van der Waals surface area contributed by atoms with Crippen LogP contribution in [0.5, 0.6) is 0 Å². The normalized spacial score (nSPS) is 19.6. The molecule has 19 heteroatoms. The average molecular weight is 505 g/mol. The zero-order valence-corrected chi connectivity index (χ0v) is 14.1. The summed E-state index contributed by atoms with van der Waals surface area (Å²) in [6, 6.07) is -6.48. The Balaban J connectivity index is 3.57. The summed E-state index contributed by atoms with van der Waals surface area (Å²) in [5.41, 5.74) is 0. The maximum atomic E-state index is 13.8. The quantitative estimate of drug-likeness (QED) is 0.345. The molecule has 2 nitrogen and oxygen atoms in total. The van der Waals surface area contributed by atoms with E-state index in [2.05, 4.69) is 4.74 Å². The molecule has 31 heavy (non-hydrogen) atoms. The number of halogens is 17. The summed E-state index contributed by atoms with van der Waals surface area (Å²) in [6.07, 6.45) is -7.76. The Bertz CT molecular complexity index is 648. The first kappa shape index (κ1) is 27.8. The van der Waals surface area contributed by atoms with Crippen LogP contribution in [-0.4, -0.2) is 79.0 Å². The first-order chi connectivity index (χ1) is 13.4. The van der Waals surface area contributed by atoms with E-state index in [1.165, 1.54) is 0 Å². The van der Waals surface area contributed by atoms with Crippen molar-refractivity contribution < 1.29 is 79.4 Å². The van der Waals surface area contributed by atoms with E-state index in [9.17, 15) is 74.6 Å². The second-order valence-electron chi connectivity index (χ2n) is 6.08. The fourth-order valence-electron chi connectivity index (χ4n) is 2.20. The van der Waals surface area contributed by atoms with Gasteiger partial charge in [-0.25, -0.2) is 4.90 Å². The lowest BCUT2D eigenvalue weighted by Gasteiger charge is -2.45. The van der Waals surface area contributed by atoms with E-state index in [4.69, 9.17) is 0 Å². The van der Waals surface area contributed by atoms with Crippen molar-refractivity contribution in [1.82, 2.24) is 4.90 Å². The number of ether oxygens (including phenoxy) is 1. The lowest BCUT2D eigenvalue weighted by atomic mass is 9.90. The van der Waals surface area contributed by atoms with Crippen molar-refractivity contribution in [2.45, 2.75) is 47.8 Å². The van der Waals surface area contributed by atoms with Crippen LogP contribution in [0.15, 0.2) is 0 Å². The Hall–Kier alpha value is -1.27. The Morgan fingerprint density at radius 1 is 0.419 bits per heavy atom. The molecule has 0 bridgehead atoms. The SMILES string of the molecule is FC(F)(F)C(F)(F)C(F)(F)C(F)(F)C(F)(F)C(F)(F)C(F)(F)C(F)(F)N1CCOCC1. The van der Waals surface area contributed by atoms with Crippen molar-refractivity contribution in [2.24, 2.45) is 0 Å². The van der Waals surface area contributed by atoms with Crippen LogP contribution < -0.4 is 0 Å². The molecule has 0 N–H and O–H groups in total. The van der Waals surface area contributed by atoms with Gasteiger partial charge < -0.3 is 4.74 Å². The van der Waals surface area contributed by atoms with Crippen LogP contribution in [0.2, 0.25) is 0 Å². The third-order valence-corrected chi connectivity index (χ3v) is 4.11. The molecular formula is C12H8F17NO. The molecule has 1 aliphatic rings.